The fourth-order valence-corrected chi connectivity index (χ4v) is 3.41. The van der Waals surface area contributed by atoms with Gasteiger partial charge in [0.25, 0.3) is 0 Å². The first-order valence-electron chi connectivity index (χ1n) is 9.38. The van der Waals surface area contributed by atoms with Crippen LogP contribution in [0.1, 0.15) is 24.1 Å². The van der Waals surface area contributed by atoms with E-state index in [9.17, 15) is 0 Å². The zero-order chi connectivity index (χ0) is 19.4. The van der Waals surface area contributed by atoms with Crippen LogP contribution in [0, 0.1) is 13.8 Å². The highest BCUT2D eigenvalue weighted by Crippen LogP contribution is 2.25. The molecule has 1 aromatic heterocycles. The number of guanidine groups is 1. The Hall–Kier alpha value is -2.28. The van der Waals surface area contributed by atoms with E-state index >= 15 is 0 Å². The molecule has 1 fully saturated rings. The molecule has 1 N–H and O–H groups in total. The van der Waals surface area contributed by atoms with Gasteiger partial charge >= 0.3 is 0 Å². The van der Waals surface area contributed by atoms with Crippen molar-refractivity contribution in [2.75, 3.05) is 37.6 Å². The van der Waals surface area contributed by atoms with Gasteiger partial charge in [-0.1, -0.05) is 17.7 Å². The lowest BCUT2D eigenvalue weighted by Gasteiger charge is -2.38. The number of benzene rings is 1. The van der Waals surface area contributed by atoms with Crippen LogP contribution in [0.2, 0.25) is 5.02 Å². The van der Waals surface area contributed by atoms with Crippen molar-refractivity contribution in [2.45, 2.75) is 27.3 Å². The molecule has 0 bridgehead atoms. The van der Waals surface area contributed by atoms with Gasteiger partial charge in [-0.05, 0) is 38.5 Å². The molecule has 1 aliphatic heterocycles. The minimum absolute atomic E-state index is 0.521. The van der Waals surface area contributed by atoms with Crippen LogP contribution < -0.4 is 10.2 Å². The Morgan fingerprint density at radius 2 is 1.93 bits per heavy atom. The molecule has 1 aromatic carbocycles. The third kappa shape index (κ3) is 4.53. The van der Waals surface area contributed by atoms with Crippen LogP contribution in [0.25, 0.3) is 0 Å². The summed E-state index contributed by atoms with van der Waals surface area (Å²) in [4.78, 5) is 9.48. The minimum Gasteiger partial charge on any atom is -0.368 e. The molecule has 7 nitrogen and oxygen atoms in total. The molecule has 8 heteroatoms. The highest BCUT2D eigenvalue weighted by Gasteiger charge is 2.21. The summed E-state index contributed by atoms with van der Waals surface area (Å²) in [5.41, 5.74) is 2.48. The summed E-state index contributed by atoms with van der Waals surface area (Å²) in [6.07, 6.45) is 0. The van der Waals surface area contributed by atoms with Gasteiger partial charge in [-0.3, -0.25) is 0 Å². The molecular formula is C19H28ClN7. The quantitative estimate of drug-likeness (QED) is 0.642. The topological polar surface area (TPSA) is 61.6 Å². The highest BCUT2D eigenvalue weighted by atomic mass is 35.5. The number of nitrogens with one attached hydrogen (secondary N) is 1. The molecule has 146 valence electrons. The van der Waals surface area contributed by atoms with Gasteiger partial charge in [0.1, 0.15) is 12.4 Å². The summed E-state index contributed by atoms with van der Waals surface area (Å²) in [5.74, 6) is 2.70. The normalized spacial score (nSPS) is 15.4. The monoisotopic (exact) mass is 389 g/mol. The molecule has 0 saturated carbocycles. The third-order valence-corrected chi connectivity index (χ3v) is 5.21. The Morgan fingerprint density at radius 1 is 1.19 bits per heavy atom. The van der Waals surface area contributed by atoms with E-state index in [1.54, 1.807) is 0 Å². The molecule has 27 heavy (non-hydrogen) atoms. The fraction of sp³-hybridized carbons (Fsp3) is 0.526. The average Bonchev–Trinajstić information content (AvgIpc) is 2.99. The smallest absolute Gasteiger partial charge is 0.194 e. The van der Waals surface area contributed by atoms with Gasteiger partial charge < -0.3 is 19.7 Å². The SMILES string of the molecule is CCNC(=NCc1nnc(C)n1C)N1CCN(c2cc(Cl)ccc2C)CC1. The van der Waals surface area contributed by atoms with E-state index in [2.05, 4.69) is 51.3 Å². The standard InChI is InChI=1S/C19H28ClN7/c1-5-21-19(22-13-18-24-23-15(3)25(18)4)27-10-8-26(9-11-27)17-12-16(20)7-6-14(17)2/h6-7,12H,5,8-11,13H2,1-4H3,(H,21,22). The minimum atomic E-state index is 0.521. The first-order chi connectivity index (χ1) is 13.0. The largest absolute Gasteiger partial charge is 0.368 e. The Labute approximate surface area is 166 Å². The van der Waals surface area contributed by atoms with Crippen LogP contribution in [-0.2, 0) is 13.6 Å². The second-order valence-electron chi connectivity index (χ2n) is 6.80. The maximum atomic E-state index is 6.19. The number of rotatable bonds is 4. The number of aliphatic imine (C=N–C) groups is 1. The average molecular weight is 390 g/mol. The second kappa shape index (κ2) is 8.61. The van der Waals surface area contributed by atoms with E-state index in [0.717, 1.165) is 55.4 Å². The van der Waals surface area contributed by atoms with Crippen LogP contribution >= 0.6 is 11.6 Å². The number of piperazine rings is 1. The maximum absolute atomic E-state index is 6.19. The molecular weight excluding hydrogens is 362 g/mol. The van der Waals surface area contributed by atoms with Crippen LogP contribution in [0.5, 0.6) is 0 Å². The molecule has 1 aliphatic rings. The van der Waals surface area contributed by atoms with Crippen molar-refractivity contribution in [2.24, 2.45) is 12.0 Å². The van der Waals surface area contributed by atoms with Gasteiger partial charge in [0.05, 0.1) is 0 Å². The fourth-order valence-electron chi connectivity index (χ4n) is 3.24. The summed E-state index contributed by atoms with van der Waals surface area (Å²) in [7, 11) is 1.97. The first kappa shape index (κ1) is 19.5. The van der Waals surface area contributed by atoms with Crippen molar-refractivity contribution in [3.8, 4) is 0 Å². The van der Waals surface area contributed by atoms with E-state index < -0.39 is 0 Å². The number of aryl methyl sites for hydroxylation is 2. The van der Waals surface area contributed by atoms with Gasteiger partial charge in [0.2, 0.25) is 0 Å². The maximum Gasteiger partial charge on any atom is 0.194 e. The number of nitrogens with zero attached hydrogens (tertiary/aromatic N) is 6. The molecule has 0 radical (unpaired) electrons. The Bertz CT molecular complexity index is 806. The number of hydrogen-bond acceptors (Lipinski definition) is 4. The van der Waals surface area contributed by atoms with Gasteiger partial charge in [-0.15, -0.1) is 10.2 Å². The summed E-state index contributed by atoms with van der Waals surface area (Å²) in [6.45, 7) is 11.2. The van der Waals surface area contributed by atoms with E-state index in [1.165, 1.54) is 11.3 Å². The lowest BCUT2D eigenvalue weighted by Crippen LogP contribution is -2.52. The predicted molar refractivity (Wildman–Crippen MR) is 111 cm³/mol. The Kier molecular flexibility index (Phi) is 6.21. The van der Waals surface area contributed by atoms with Gasteiger partial charge in [0.15, 0.2) is 11.8 Å². The van der Waals surface area contributed by atoms with E-state index in [0.29, 0.717) is 6.54 Å². The van der Waals surface area contributed by atoms with Crippen molar-refractivity contribution in [3.63, 3.8) is 0 Å². The number of aromatic nitrogens is 3. The van der Waals surface area contributed by atoms with Crippen LogP contribution in [0.15, 0.2) is 23.2 Å². The Morgan fingerprint density at radius 3 is 2.56 bits per heavy atom. The van der Waals surface area contributed by atoms with Crippen molar-refractivity contribution in [3.05, 3.63) is 40.4 Å². The van der Waals surface area contributed by atoms with Crippen LogP contribution in [0.4, 0.5) is 5.69 Å². The lowest BCUT2D eigenvalue weighted by atomic mass is 10.1. The molecule has 0 spiro atoms. The molecule has 1 saturated heterocycles. The van der Waals surface area contributed by atoms with Crippen LogP contribution in [0.3, 0.4) is 0 Å². The first-order valence-corrected chi connectivity index (χ1v) is 9.76. The second-order valence-corrected chi connectivity index (χ2v) is 7.23. The van der Waals surface area contributed by atoms with E-state index in [4.69, 9.17) is 16.6 Å². The van der Waals surface area contributed by atoms with E-state index in [-0.39, 0.29) is 0 Å². The molecule has 2 heterocycles. The zero-order valence-corrected chi connectivity index (χ0v) is 17.3. The van der Waals surface area contributed by atoms with Crippen molar-refractivity contribution in [1.82, 2.24) is 25.0 Å². The summed E-state index contributed by atoms with van der Waals surface area (Å²) in [5, 5.41) is 12.5. The van der Waals surface area contributed by atoms with Crippen molar-refractivity contribution < 1.29 is 0 Å². The molecule has 0 atom stereocenters. The third-order valence-electron chi connectivity index (χ3n) is 4.98. The number of anilines is 1. The Balaban J connectivity index is 1.67. The van der Waals surface area contributed by atoms with Crippen LogP contribution in [-0.4, -0.2) is 58.3 Å². The molecule has 2 aromatic rings. The predicted octanol–water partition coefficient (Wildman–Crippen LogP) is 2.37. The highest BCUT2D eigenvalue weighted by molar-refractivity contribution is 6.30. The summed E-state index contributed by atoms with van der Waals surface area (Å²) >= 11 is 6.19. The number of halogens is 1. The summed E-state index contributed by atoms with van der Waals surface area (Å²) < 4.78 is 1.98. The zero-order valence-electron chi connectivity index (χ0n) is 16.5. The number of hydrogen-bond donors (Lipinski definition) is 1. The molecule has 0 aliphatic carbocycles. The van der Waals surface area contributed by atoms with Gasteiger partial charge in [0, 0.05) is 50.5 Å². The van der Waals surface area contributed by atoms with Crippen molar-refractivity contribution >= 4 is 23.2 Å². The lowest BCUT2D eigenvalue weighted by molar-refractivity contribution is 0.372. The van der Waals surface area contributed by atoms with E-state index in [1.807, 2.05) is 24.6 Å². The molecule has 0 unspecified atom stereocenters. The van der Waals surface area contributed by atoms with Gasteiger partial charge in [-0.2, -0.15) is 0 Å². The molecule has 3 rings (SSSR count). The molecule has 0 amide bonds. The van der Waals surface area contributed by atoms with Crippen molar-refractivity contribution in [1.29, 1.82) is 0 Å². The summed E-state index contributed by atoms with van der Waals surface area (Å²) in [6, 6.07) is 6.08. The van der Waals surface area contributed by atoms with Gasteiger partial charge in [-0.25, -0.2) is 4.99 Å².